The summed E-state index contributed by atoms with van der Waals surface area (Å²) in [6.07, 6.45) is 4.85. The maximum atomic E-state index is 11.1. The third kappa shape index (κ3) is 2.81. The van der Waals surface area contributed by atoms with E-state index >= 15 is 0 Å². The van der Waals surface area contributed by atoms with Gasteiger partial charge in [0.25, 0.3) is 0 Å². The van der Waals surface area contributed by atoms with Crippen molar-refractivity contribution in [2.75, 3.05) is 18.4 Å². The predicted octanol–water partition coefficient (Wildman–Crippen LogP) is 2.44. The lowest BCUT2D eigenvalue weighted by Crippen LogP contribution is -2.23. The Hall–Kier alpha value is -1.58. The third-order valence-electron chi connectivity index (χ3n) is 3.31. The molecule has 0 aliphatic carbocycles. The lowest BCUT2D eigenvalue weighted by atomic mass is 10.1. The van der Waals surface area contributed by atoms with E-state index in [1.165, 1.54) is 0 Å². The van der Waals surface area contributed by atoms with Gasteiger partial charge in [-0.05, 0) is 24.8 Å². The maximum Gasteiger partial charge on any atom is 0.210 e. The number of amides is 1. The summed E-state index contributed by atoms with van der Waals surface area (Å²) in [4.78, 5) is 17.3. The monoisotopic (exact) mass is 247 g/mol. The highest BCUT2D eigenvalue weighted by atomic mass is 16.1. The molecule has 2 rings (SSSR count). The van der Waals surface area contributed by atoms with Crippen LogP contribution in [0.3, 0.4) is 0 Å². The molecule has 2 heterocycles. The summed E-state index contributed by atoms with van der Waals surface area (Å²) < 4.78 is 0. The number of hydrogen-bond donors (Lipinski definition) is 1. The van der Waals surface area contributed by atoms with E-state index in [9.17, 15) is 4.79 Å². The van der Waals surface area contributed by atoms with Gasteiger partial charge in [-0.2, -0.15) is 0 Å². The summed E-state index contributed by atoms with van der Waals surface area (Å²) in [6, 6.07) is 4.20. The molecule has 1 aromatic rings. The number of nitrogens with one attached hydrogen (secondary N) is 1. The lowest BCUT2D eigenvalue weighted by Gasteiger charge is -2.23. The smallest absolute Gasteiger partial charge is 0.210 e. The van der Waals surface area contributed by atoms with Crippen LogP contribution < -0.4 is 5.32 Å². The van der Waals surface area contributed by atoms with Crippen molar-refractivity contribution in [2.24, 2.45) is 5.92 Å². The van der Waals surface area contributed by atoms with E-state index in [1.807, 2.05) is 11.0 Å². The van der Waals surface area contributed by atoms with Crippen molar-refractivity contribution in [3.8, 4) is 0 Å². The van der Waals surface area contributed by atoms with Gasteiger partial charge in [0.15, 0.2) is 0 Å². The van der Waals surface area contributed by atoms with Gasteiger partial charge < -0.3 is 10.2 Å². The highest BCUT2D eigenvalue weighted by Gasteiger charge is 2.26. The fraction of sp³-hybridized carbons (Fsp3) is 0.571. The topological polar surface area (TPSA) is 45.2 Å². The van der Waals surface area contributed by atoms with Crippen LogP contribution in [0.5, 0.6) is 0 Å². The van der Waals surface area contributed by atoms with Crippen molar-refractivity contribution in [3.05, 3.63) is 23.9 Å². The first-order valence-corrected chi connectivity index (χ1v) is 6.62. The minimum absolute atomic E-state index is 0.186. The van der Waals surface area contributed by atoms with Crippen LogP contribution in [-0.2, 0) is 4.79 Å². The molecule has 0 saturated carbocycles. The number of nitrogens with zero attached hydrogens (tertiary/aromatic N) is 2. The van der Waals surface area contributed by atoms with Crippen molar-refractivity contribution in [3.63, 3.8) is 0 Å². The molecule has 1 aromatic heterocycles. The van der Waals surface area contributed by atoms with Crippen LogP contribution in [0.15, 0.2) is 18.3 Å². The SMILES string of the molecule is CC(C)CNc1ncccc1C1CCCN1C=O. The molecule has 0 aromatic carbocycles. The summed E-state index contributed by atoms with van der Waals surface area (Å²) >= 11 is 0. The fourth-order valence-electron chi connectivity index (χ4n) is 2.38. The number of likely N-dealkylation sites (tertiary alicyclic amines) is 1. The average Bonchev–Trinajstić information content (AvgIpc) is 2.84. The minimum atomic E-state index is 0.186. The van der Waals surface area contributed by atoms with Crippen LogP contribution in [0.1, 0.15) is 38.3 Å². The fourth-order valence-corrected chi connectivity index (χ4v) is 2.38. The van der Waals surface area contributed by atoms with Gasteiger partial charge in [-0.25, -0.2) is 4.98 Å². The Labute approximate surface area is 108 Å². The first kappa shape index (κ1) is 12.9. The highest BCUT2D eigenvalue weighted by Crippen LogP contribution is 2.33. The first-order valence-electron chi connectivity index (χ1n) is 6.62. The van der Waals surface area contributed by atoms with Crippen molar-refractivity contribution in [1.29, 1.82) is 0 Å². The summed E-state index contributed by atoms with van der Waals surface area (Å²) in [5.74, 6) is 1.50. The van der Waals surface area contributed by atoms with Gasteiger partial charge in [0, 0.05) is 24.8 Å². The lowest BCUT2D eigenvalue weighted by molar-refractivity contribution is -0.118. The van der Waals surface area contributed by atoms with Crippen LogP contribution in [0.4, 0.5) is 5.82 Å². The van der Waals surface area contributed by atoms with Gasteiger partial charge >= 0.3 is 0 Å². The van der Waals surface area contributed by atoms with Crippen LogP contribution in [0.2, 0.25) is 0 Å². The van der Waals surface area contributed by atoms with Crippen LogP contribution >= 0.6 is 0 Å². The van der Waals surface area contributed by atoms with E-state index in [0.717, 1.165) is 43.7 Å². The van der Waals surface area contributed by atoms with E-state index in [0.29, 0.717) is 5.92 Å². The van der Waals surface area contributed by atoms with Gasteiger partial charge in [0.05, 0.1) is 6.04 Å². The van der Waals surface area contributed by atoms with Gasteiger partial charge in [-0.1, -0.05) is 19.9 Å². The molecule has 18 heavy (non-hydrogen) atoms. The molecule has 1 aliphatic rings. The zero-order chi connectivity index (χ0) is 13.0. The molecule has 0 spiro atoms. The molecule has 98 valence electrons. The molecule has 1 aliphatic heterocycles. The molecule has 1 fully saturated rings. The Morgan fingerprint density at radius 3 is 3.17 bits per heavy atom. The quantitative estimate of drug-likeness (QED) is 0.813. The Balaban J connectivity index is 2.18. The van der Waals surface area contributed by atoms with E-state index in [4.69, 9.17) is 0 Å². The number of carbonyl (C=O) groups excluding carboxylic acids is 1. The summed E-state index contributed by atoms with van der Waals surface area (Å²) in [7, 11) is 0. The molecule has 4 nitrogen and oxygen atoms in total. The third-order valence-corrected chi connectivity index (χ3v) is 3.31. The Morgan fingerprint density at radius 2 is 2.44 bits per heavy atom. The molecular weight excluding hydrogens is 226 g/mol. The molecule has 1 unspecified atom stereocenters. The molecule has 1 atom stereocenters. The van der Waals surface area contributed by atoms with Gasteiger partial charge in [0.2, 0.25) is 6.41 Å². The average molecular weight is 247 g/mol. The van der Waals surface area contributed by atoms with Gasteiger partial charge in [-0.3, -0.25) is 4.79 Å². The second-order valence-electron chi connectivity index (χ2n) is 5.22. The van der Waals surface area contributed by atoms with E-state index in [-0.39, 0.29) is 6.04 Å². The molecule has 0 radical (unpaired) electrons. The second-order valence-corrected chi connectivity index (χ2v) is 5.22. The second kappa shape index (κ2) is 5.85. The van der Waals surface area contributed by atoms with Crippen molar-refractivity contribution in [2.45, 2.75) is 32.7 Å². The Morgan fingerprint density at radius 1 is 1.61 bits per heavy atom. The van der Waals surface area contributed by atoms with Crippen molar-refractivity contribution >= 4 is 12.2 Å². The van der Waals surface area contributed by atoms with Crippen LogP contribution in [0.25, 0.3) is 0 Å². The Kier molecular flexibility index (Phi) is 4.18. The molecule has 1 amide bonds. The van der Waals surface area contributed by atoms with Gasteiger partial charge in [-0.15, -0.1) is 0 Å². The summed E-state index contributed by atoms with van der Waals surface area (Å²) in [6.45, 7) is 6.09. The molecule has 4 heteroatoms. The number of anilines is 1. The number of pyridine rings is 1. The number of aromatic nitrogens is 1. The van der Waals surface area contributed by atoms with Crippen molar-refractivity contribution in [1.82, 2.24) is 9.88 Å². The number of rotatable bonds is 5. The van der Waals surface area contributed by atoms with E-state index in [1.54, 1.807) is 6.20 Å². The normalized spacial score (nSPS) is 19.3. The van der Waals surface area contributed by atoms with Crippen LogP contribution in [0, 0.1) is 5.92 Å². The predicted molar refractivity (Wildman–Crippen MR) is 72.3 cm³/mol. The molecule has 1 saturated heterocycles. The first-order chi connectivity index (χ1) is 8.72. The zero-order valence-electron chi connectivity index (χ0n) is 11.1. The van der Waals surface area contributed by atoms with E-state index in [2.05, 4.69) is 30.2 Å². The highest BCUT2D eigenvalue weighted by molar-refractivity contribution is 5.53. The molecule has 0 bridgehead atoms. The van der Waals surface area contributed by atoms with Crippen LogP contribution in [-0.4, -0.2) is 29.4 Å². The minimum Gasteiger partial charge on any atom is -0.370 e. The Bertz CT molecular complexity index is 406. The maximum absolute atomic E-state index is 11.1. The standard InChI is InChI=1S/C14H21N3O/c1-11(2)9-16-14-12(5-3-7-15-14)13-6-4-8-17(13)10-18/h3,5,7,10-11,13H,4,6,8-9H2,1-2H3,(H,15,16). The van der Waals surface area contributed by atoms with Gasteiger partial charge in [0.1, 0.15) is 5.82 Å². The largest absolute Gasteiger partial charge is 0.370 e. The zero-order valence-corrected chi connectivity index (χ0v) is 11.1. The molecule has 1 N–H and O–H groups in total. The summed E-state index contributed by atoms with van der Waals surface area (Å²) in [5.41, 5.74) is 1.14. The number of carbonyl (C=O) groups is 1. The summed E-state index contributed by atoms with van der Waals surface area (Å²) in [5, 5.41) is 3.38. The van der Waals surface area contributed by atoms with Crippen molar-refractivity contribution < 1.29 is 4.79 Å². The molecular formula is C14H21N3O. The number of hydrogen-bond acceptors (Lipinski definition) is 3. The van der Waals surface area contributed by atoms with E-state index < -0.39 is 0 Å².